The summed E-state index contributed by atoms with van der Waals surface area (Å²) in [7, 11) is 1.67. The smallest absolute Gasteiger partial charge is 0.0894 e. The van der Waals surface area contributed by atoms with Crippen molar-refractivity contribution in [3.05, 3.63) is 34.9 Å². The molecule has 1 rings (SSSR count). The minimum Gasteiger partial charge on any atom is -0.385 e. The predicted molar refractivity (Wildman–Crippen MR) is 66.7 cm³/mol. The second-order valence-electron chi connectivity index (χ2n) is 4.34. The number of hydrogen-bond donors (Lipinski definition) is 1. The van der Waals surface area contributed by atoms with Crippen LogP contribution in [0.4, 0.5) is 0 Å². The molecule has 0 aliphatic heterocycles. The summed E-state index contributed by atoms with van der Waals surface area (Å²) in [6, 6.07) is 7.33. The van der Waals surface area contributed by atoms with Crippen LogP contribution in [0.5, 0.6) is 0 Å². The van der Waals surface area contributed by atoms with Gasteiger partial charge in [0.1, 0.15) is 0 Å². The molecule has 2 unspecified atom stereocenters. The average Bonchev–Trinajstić information content (AvgIpc) is 2.26. The molecule has 0 aliphatic carbocycles. The highest BCUT2D eigenvalue weighted by molar-refractivity contribution is 6.30. The van der Waals surface area contributed by atoms with E-state index in [-0.39, 0.29) is 5.92 Å². The third kappa shape index (κ3) is 3.21. The van der Waals surface area contributed by atoms with E-state index >= 15 is 0 Å². The van der Waals surface area contributed by atoms with Gasteiger partial charge in [0.15, 0.2) is 0 Å². The van der Waals surface area contributed by atoms with E-state index in [2.05, 4.69) is 0 Å². The fraction of sp³-hybridized carbons (Fsp3) is 0.538. The molecule has 1 aromatic rings. The van der Waals surface area contributed by atoms with Gasteiger partial charge in [-0.05, 0) is 37.0 Å². The maximum Gasteiger partial charge on any atom is 0.0894 e. The zero-order valence-corrected chi connectivity index (χ0v) is 10.8. The molecule has 1 aromatic carbocycles. The number of methoxy groups -OCH3 is 1. The lowest BCUT2D eigenvalue weighted by Gasteiger charge is -2.30. The highest BCUT2D eigenvalue weighted by Crippen LogP contribution is 2.31. The Morgan fingerprint density at radius 1 is 1.38 bits per heavy atom. The number of benzene rings is 1. The molecule has 0 saturated carbocycles. The van der Waals surface area contributed by atoms with Gasteiger partial charge in [0, 0.05) is 18.7 Å². The van der Waals surface area contributed by atoms with Crippen LogP contribution in [0, 0.1) is 5.92 Å². The molecule has 2 atom stereocenters. The Bertz CT molecular complexity index is 319. The Kier molecular flexibility index (Phi) is 4.78. The molecule has 0 aromatic heterocycles. The van der Waals surface area contributed by atoms with E-state index in [1.807, 2.05) is 26.0 Å². The van der Waals surface area contributed by atoms with Crippen LogP contribution in [-0.4, -0.2) is 18.8 Å². The van der Waals surface area contributed by atoms with Crippen molar-refractivity contribution in [2.24, 2.45) is 5.92 Å². The first-order valence-corrected chi connectivity index (χ1v) is 5.83. The number of ether oxygens (including phenoxy) is 1. The van der Waals surface area contributed by atoms with Crippen molar-refractivity contribution < 1.29 is 9.84 Å². The molecule has 90 valence electrons. The first-order chi connectivity index (χ1) is 7.48. The Balaban J connectivity index is 2.79. The summed E-state index contributed by atoms with van der Waals surface area (Å²) in [6.45, 7) is 4.51. The van der Waals surface area contributed by atoms with Crippen molar-refractivity contribution in [3.63, 3.8) is 0 Å². The van der Waals surface area contributed by atoms with Gasteiger partial charge < -0.3 is 9.84 Å². The zero-order chi connectivity index (χ0) is 12.2. The van der Waals surface area contributed by atoms with Gasteiger partial charge >= 0.3 is 0 Å². The first kappa shape index (κ1) is 13.5. The average molecular weight is 243 g/mol. The lowest BCUT2D eigenvalue weighted by molar-refractivity contribution is -0.0106. The molecule has 3 heteroatoms. The summed E-state index contributed by atoms with van der Waals surface area (Å²) in [6.07, 6.45) is 0.826. The van der Waals surface area contributed by atoms with Gasteiger partial charge in [-0.25, -0.2) is 0 Å². The van der Waals surface area contributed by atoms with E-state index < -0.39 is 5.60 Å². The van der Waals surface area contributed by atoms with E-state index in [0.29, 0.717) is 11.6 Å². The minimum atomic E-state index is -0.844. The summed E-state index contributed by atoms with van der Waals surface area (Å²) in [5, 5.41) is 11.2. The fourth-order valence-corrected chi connectivity index (χ4v) is 1.77. The zero-order valence-electron chi connectivity index (χ0n) is 10.0. The lowest BCUT2D eigenvalue weighted by atomic mass is 9.82. The van der Waals surface area contributed by atoms with Crippen LogP contribution < -0.4 is 0 Å². The van der Waals surface area contributed by atoms with Gasteiger partial charge in [-0.15, -0.1) is 0 Å². The number of rotatable bonds is 5. The third-order valence-electron chi connectivity index (χ3n) is 3.14. The van der Waals surface area contributed by atoms with Gasteiger partial charge in [0.05, 0.1) is 5.60 Å². The topological polar surface area (TPSA) is 29.5 Å². The molecule has 0 bridgehead atoms. The molecule has 1 N–H and O–H groups in total. The minimum absolute atomic E-state index is 0.133. The number of aliphatic hydroxyl groups is 1. The van der Waals surface area contributed by atoms with Crippen molar-refractivity contribution in [2.75, 3.05) is 13.7 Å². The summed E-state index contributed by atoms with van der Waals surface area (Å²) in [5.41, 5.74) is 0.0452. The number of halogens is 1. The van der Waals surface area contributed by atoms with Crippen LogP contribution in [-0.2, 0) is 10.3 Å². The molecular formula is C13H19ClO2. The second-order valence-corrected chi connectivity index (χ2v) is 4.77. The molecule has 0 amide bonds. The maximum absolute atomic E-state index is 10.5. The van der Waals surface area contributed by atoms with E-state index in [4.69, 9.17) is 16.3 Å². The highest BCUT2D eigenvalue weighted by Gasteiger charge is 2.29. The first-order valence-electron chi connectivity index (χ1n) is 5.46. The second kappa shape index (κ2) is 5.67. The summed E-state index contributed by atoms with van der Waals surface area (Å²) in [4.78, 5) is 0. The van der Waals surface area contributed by atoms with Crippen LogP contribution in [0.3, 0.4) is 0 Å². The van der Waals surface area contributed by atoms with Gasteiger partial charge in [0.2, 0.25) is 0 Å². The van der Waals surface area contributed by atoms with Gasteiger partial charge in [-0.2, -0.15) is 0 Å². The largest absolute Gasteiger partial charge is 0.385 e. The summed E-state index contributed by atoms with van der Waals surface area (Å²) < 4.78 is 5.03. The predicted octanol–water partition coefficient (Wildman–Crippen LogP) is 3.22. The van der Waals surface area contributed by atoms with E-state index in [9.17, 15) is 5.11 Å². The van der Waals surface area contributed by atoms with E-state index in [0.717, 1.165) is 12.0 Å². The highest BCUT2D eigenvalue weighted by atomic mass is 35.5. The van der Waals surface area contributed by atoms with Crippen LogP contribution in [0.25, 0.3) is 0 Å². The van der Waals surface area contributed by atoms with Gasteiger partial charge in [0.25, 0.3) is 0 Å². The summed E-state index contributed by atoms with van der Waals surface area (Å²) in [5.74, 6) is 0.133. The van der Waals surface area contributed by atoms with Crippen molar-refractivity contribution in [3.8, 4) is 0 Å². The molecule has 0 heterocycles. The molecule has 0 spiro atoms. The van der Waals surface area contributed by atoms with Crippen LogP contribution in [0.2, 0.25) is 5.02 Å². The monoisotopic (exact) mass is 242 g/mol. The lowest BCUT2D eigenvalue weighted by Crippen LogP contribution is -2.30. The van der Waals surface area contributed by atoms with Gasteiger partial charge in [-0.3, -0.25) is 0 Å². The van der Waals surface area contributed by atoms with Crippen LogP contribution in [0.15, 0.2) is 24.3 Å². The van der Waals surface area contributed by atoms with E-state index in [1.165, 1.54) is 0 Å². The third-order valence-corrected chi connectivity index (χ3v) is 3.40. The van der Waals surface area contributed by atoms with Crippen LogP contribution >= 0.6 is 11.6 Å². The molecule has 0 saturated heterocycles. The molecule has 2 nitrogen and oxygen atoms in total. The molecule has 16 heavy (non-hydrogen) atoms. The van der Waals surface area contributed by atoms with Crippen molar-refractivity contribution in [2.45, 2.75) is 25.9 Å². The Hall–Kier alpha value is -0.570. The Labute approximate surface area is 102 Å². The van der Waals surface area contributed by atoms with Crippen LogP contribution in [0.1, 0.15) is 25.8 Å². The molecular weight excluding hydrogens is 224 g/mol. The molecule has 0 aliphatic rings. The Morgan fingerprint density at radius 3 is 2.44 bits per heavy atom. The SMILES string of the molecule is COCCC(C)C(C)(O)c1ccc(Cl)cc1. The van der Waals surface area contributed by atoms with Crippen molar-refractivity contribution in [1.29, 1.82) is 0 Å². The molecule has 0 radical (unpaired) electrons. The fourth-order valence-electron chi connectivity index (χ4n) is 1.65. The Morgan fingerprint density at radius 2 is 1.94 bits per heavy atom. The van der Waals surface area contributed by atoms with Crippen molar-refractivity contribution in [1.82, 2.24) is 0 Å². The maximum atomic E-state index is 10.5. The summed E-state index contributed by atoms with van der Waals surface area (Å²) >= 11 is 5.82. The standard InChI is InChI=1S/C13H19ClO2/c1-10(8-9-16-3)13(2,15)11-4-6-12(14)7-5-11/h4-7,10,15H,8-9H2,1-3H3. The quantitative estimate of drug-likeness (QED) is 0.859. The normalized spacial score (nSPS) is 16.8. The van der Waals surface area contributed by atoms with Crippen molar-refractivity contribution >= 4 is 11.6 Å². The number of hydrogen-bond acceptors (Lipinski definition) is 2. The molecule has 0 fully saturated rings. The van der Waals surface area contributed by atoms with Gasteiger partial charge in [-0.1, -0.05) is 30.7 Å². The van der Waals surface area contributed by atoms with E-state index in [1.54, 1.807) is 19.2 Å².